The minimum Gasteiger partial charge on any atom is -0.497 e. The van der Waals surface area contributed by atoms with Gasteiger partial charge in [0, 0.05) is 6.54 Å². The molecule has 102 valence electrons. The average Bonchev–Trinajstić information content (AvgIpc) is 2.77. The number of methoxy groups -OCH3 is 1. The van der Waals surface area contributed by atoms with E-state index in [4.69, 9.17) is 9.47 Å². The first kappa shape index (κ1) is 13.9. The summed E-state index contributed by atoms with van der Waals surface area (Å²) >= 11 is 3.47. The first-order valence-electron chi connectivity index (χ1n) is 6.13. The van der Waals surface area contributed by atoms with Crippen molar-refractivity contribution >= 4 is 15.9 Å². The Hall–Kier alpha value is -1.49. The summed E-state index contributed by atoms with van der Waals surface area (Å²) < 4.78 is 13.8. The van der Waals surface area contributed by atoms with Crippen molar-refractivity contribution in [1.29, 1.82) is 0 Å². The van der Waals surface area contributed by atoms with Gasteiger partial charge in [-0.3, -0.25) is 4.68 Å². The van der Waals surface area contributed by atoms with Gasteiger partial charge < -0.3 is 9.47 Å². The fourth-order valence-electron chi connectivity index (χ4n) is 1.87. The lowest BCUT2D eigenvalue weighted by molar-refractivity contribution is 0.290. The molecule has 5 heteroatoms. The van der Waals surface area contributed by atoms with Crippen molar-refractivity contribution in [2.75, 3.05) is 7.11 Å². The van der Waals surface area contributed by atoms with Gasteiger partial charge in [0.25, 0.3) is 0 Å². The van der Waals surface area contributed by atoms with Crippen LogP contribution in [0.5, 0.6) is 11.5 Å². The highest BCUT2D eigenvalue weighted by atomic mass is 79.9. The maximum Gasteiger partial charge on any atom is 0.134 e. The molecule has 0 saturated heterocycles. The molecule has 0 N–H and O–H groups in total. The smallest absolute Gasteiger partial charge is 0.134 e. The number of aromatic nitrogens is 2. The molecule has 0 aliphatic rings. The average molecular weight is 325 g/mol. The highest BCUT2D eigenvalue weighted by Crippen LogP contribution is 2.29. The van der Waals surface area contributed by atoms with Gasteiger partial charge in [-0.05, 0) is 54.0 Å². The number of aryl methyl sites for hydroxylation is 2. The van der Waals surface area contributed by atoms with Crippen molar-refractivity contribution in [3.05, 3.63) is 40.1 Å². The zero-order chi connectivity index (χ0) is 13.8. The quantitative estimate of drug-likeness (QED) is 0.843. The monoisotopic (exact) mass is 324 g/mol. The molecule has 0 saturated carbocycles. The highest BCUT2D eigenvalue weighted by Gasteiger charge is 2.07. The summed E-state index contributed by atoms with van der Waals surface area (Å²) in [7, 11) is 1.64. The largest absolute Gasteiger partial charge is 0.497 e. The van der Waals surface area contributed by atoms with Gasteiger partial charge in [-0.15, -0.1) is 0 Å². The summed E-state index contributed by atoms with van der Waals surface area (Å²) in [6.07, 6.45) is 0. The Kier molecular flexibility index (Phi) is 4.47. The Labute approximate surface area is 121 Å². The molecule has 0 fully saturated rings. The topological polar surface area (TPSA) is 36.3 Å². The molecule has 2 aromatic rings. The van der Waals surface area contributed by atoms with Crippen molar-refractivity contribution < 1.29 is 9.47 Å². The number of nitrogens with zero attached hydrogens (tertiary/aromatic N) is 2. The standard InChI is InChI=1S/C14H17BrN2O2/c1-4-17-11(7-10(2)16-17)9-19-14-6-5-12(18-3)8-13(14)15/h5-8H,4,9H2,1-3H3. The van der Waals surface area contributed by atoms with E-state index in [0.717, 1.165) is 33.9 Å². The third kappa shape index (κ3) is 3.29. The fourth-order valence-corrected chi connectivity index (χ4v) is 2.34. The summed E-state index contributed by atoms with van der Waals surface area (Å²) in [5, 5.41) is 4.40. The van der Waals surface area contributed by atoms with E-state index in [0.29, 0.717) is 6.61 Å². The normalized spacial score (nSPS) is 10.5. The molecule has 0 amide bonds. The number of benzene rings is 1. The van der Waals surface area contributed by atoms with Crippen LogP contribution in [0, 0.1) is 6.92 Å². The summed E-state index contributed by atoms with van der Waals surface area (Å²) in [6.45, 7) is 5.40. The minimum atomic E-state index is 0.500. The molecule has 1 heterocycles. The van der Waals surface area contributed by atoms with Gasteiger partial charge >= 0.3 is 0 Å². The number of hydrogen-bond acceptors (Lipinski definition) is 3. The molecule has 0 unspecified atom stereocenters. The van der Waals surface area contributed by atoms with Crippen LogP contribution in [-0.2, 0) is 13.2 Å². The molecule has 1 aromatic heterocycles. The molecule has 19 heavy (non-hydrogen) atoms. The van der Waals surface area contributed by atoms with Crippen molar-refractivity contribution in [2.24, 2.45) is 0 Å². The lowest BCUT2D eigenvalue weighted by Gasteiger charge is -2.10. The molecule has 4 nitrogen and oxygen atoms in total. The van der Waals surface area contributed by atoms with Crippen LogP contribution in [0.15, 0.2) is 28.7 Å². The van der Waals surface area contributed by atoms with Crippen molar-refractivity contribution in [3.63, 3.8) is 0 Å². The summed E-state index contributed by atoms with van der Waals surface area (Å²) in [5.41, 5.74) is 2.08. The molecule has 0 aliphatic carbocycles. The molecule has 0 radical (unpaired) electrons. The second-order valence-corrected chi connectivity index (χ2v) is 5.03. The molecular formula is C14H17BrN2O2. The predicted molar refractivity (Wildman–Crippen MR) is 77.7 cm³/mol. The Morgan fingerprint density at radius 3 is 2.74 bits per heavy atom. The van der Waals surface area contributed by atoms with Crippen molar-refractivity contribution in [1.82, 2.24) is 9.78 Å². The van der Waals surface area contributed by atoms with Gasteiger partial charge in [0.2, 0.25) is 0 Å². The predicted octanol–water partition coefficient (Wildman–Crippen LogP) is 3.56. The van der Waals surface area contributed by atoms with Gasteiger partial charge in [-0.2, -0.15) is 5.10 Å². The van der Waals surface area contributed by atoms with Crippen LogP contribution in [-0.4, -0.2) is 16.9 Å². The zero-order valence-electron chi connectivity index (χ0n) is 11.3. The lowest BCUT2D eigenvalue weighted by atomic mass is 10.3. The van der Waals surface area contributed by atoms with Crippen molar-refractivity contribution in [3.8, 4) is 11.5 Å². The van der Waals surface area contributed by atoms with Gasteiger partial charge in [0.15, 0.2) is 0 Å². The summed E-state index contributed by atoms with van der Waals surface area (Å²) in [6, 6.07) is 7.70. The van der Waals surface area contributed by atoms with Gasteiger partial charge in [-0.25, -0.2) is 0 Å². The molecule has 0 atom stereocenters. The van der Waals surface area contributed by atoms with Gasteiger partial charge in [0.1, 0.15) is 18.1 Å². The first-order valence-corrected chi connectivity index (χ1v) is 6.93. The number of rotatable bonds is 5. The zero-order valence-corrected chi connectivity index (χ0v) is 12.9. The highest BCUT2D eigenvalue weighted by molar-refractivity contribution is 9.10. The maximum absolute atomic E-state index is 5.81. The van der Waals surface area contributed by atoms with Crippen LogP contribution in [0.4, 0.5) is 0 Å². The van der Waals surface area contributed by atoms with Crippen LogP contribution in [0.3, 0.4) is 0 Å². The Balaban J connectivity index is 2.09. The van der Waals surface area contributed by atoms with E-state index >= 15 is 0 Å². The van der Waals surface area contributed by atoms with Crippen molar-refractivity contribution in [2.45, 2.75) is 27.0 Å². The molecule has 0 bridgehead atoms. The fraction of sp³-hybridized carbons (Fsp3) is 0.357. The van der Waals surface area contributed by atoms with Crippen LogP contribution in [0.25, 0.3) is 0 Å². The van der Waals surface area contributed by atoms with Crippen LogP contribution < -0.4 is 9.47 Å². The first-order chi connectivity index (χ1) is 9.13. The molecule has 0 aliphatic heterocycles. The van der Waals surface area contributed by atoms with Gasteiger partial charge in [0.05, 0.1) is 23.0 Å². The SMILES string of the molecule is CCn1nc(C)cc1COc1ccc(OC)cc1Br. The molecular weight excluding hydrogens is 308 g/mol. The van der Waals surface area contributed by atoms with Crippen LogP contribution >= 0.6 is 15.9 Å². The number of halogens is 1. The van der Waals surface area contributed by atoms with E-state index in [9.17, 15) is 0 Å². The summed E-state index contributed by atoms with van der Waals surface area (Å²) in [4.78, 5) is 0. The van der Waals surface area contributed by atoms with Gasteiger partial charge in [-0.1, -0.05) is 0 Å². The number of hydrogen-bond donors (Lipinski definition) is 0. The van der Waals surface area contributed by atoms with Crippen LogP contribution in [0.1, 0.15) is 18.3 Å². The van der Waals surface area contributed by atoms with E-state index < -0.39 is 0 Å². The molecule has 1 aromatic carbocycles. The molecule has 2 rings (SSSR count). The van der Waals surface area contributed by atoms with E-state index in [1.165, 1.54) is 0 Å². The van der Waals surface area contributed by atoms with E-state index in [2.05, 4.69) is 28.0 Å². The number of ether oxygens (including phenoxy) is 2. The van der Waals surface area contributed by atoms with Crippen LogP contribution in [0.2, 0.25) is 0 Å². The lowest BCUT2D eigenvalue weighted by Crippen LogP contribution is -2.06. The Bertz CT molecular complexity index is 567. The second-order valence-electron chi connectivity index (χ2n) is 4.18. The Morgan fingerprint density at radius 2 is 2.11 bits per heavy atom. The third-order valence-corrected chi connectivity index (χ3v) is 3.42. The molecule has 0 spiro atoms. The maximum atomic E-state index is 5.81. The third-order valence-electron chi connectivity index (χ3n) is 2.80. The Morgan fingerprint density at radius 1 is 1.32 bits per heavy atom. The minimum absolute atomic E-state index is 0.500. The second kappa shape index (κ2) is 6.10. The van der Waals surface area contributed by atoms with E-state index in [1.807, 2.05) is 35.9 Å². The van der Waals surface area contributed by atoms with E-state index in [-0.39, 0.29) is 0 Å². The summed E-state index contributed by atoms with van der Waals surface area (Å²) in [5.74, 6) is 1.59. The van der Waals surface area contributed by atoms with E-state index in [1.54, 1.807) is 7.11 Å².